The summed E-state index contributed by atoms with van der Waals surface area (Å²) < 4.78 is 68.2. The van der Waals surface area contributed by atoms with Crippen LogP contribution < -0.4 is 29.6 Å². The second-order valence-electron chi connectivity index (χ2n) is 13.3. The van der Waals surface area contributed by atoms with Crippen LogP contribution in [0.25, 0.3) is 0 Å². The van der Waals surface area contributed by atoms with Crippen LogP contribution in [0.5, 0.6) is 34.5 Å². The molecule has 2 N–H and O–H groups in total. The lowest BCUT2D eigenvalue weighted by atomic mass is 10.1. The Morgan fingerprint density at radius 3 is 1.46 bits per heavy atom. The molecule has 14 nitrogen and oxygen atoms in total. The molecule has 0 aliphatic carbocycles. The van der Waals surface area contributed by atoms with Gasteiger partial charge >= 0.3 is 0 Å². The topological polar surface area (TPSA) is 211 Å². The number of ether oxygens (including phenoxy) is 4. The van der Waals surface area contributed by atoms with E-state index in [0.717, 1.165) is 0 Å². The van der Waals surface area contributed by atoms with Gasteiger partial charge in [-0.15, -0.1) is 0 Å². The van der Waals surface area contributed by atoms with Gasteiger partial charge in [-0.3, -0.25) is 9.59 Å². The number of nitrogens with zero attached hydrogens (tertiary/aromatic N) is 2. The fourth-order valence-electron chi connectivity index (χ4n) is 5.82. The molecule has 2 aliphatic rings. The van der Waals surface area contributed by atoms with Gasteiger partial charge in [-0.1, -0.05) is 46.4 Å². The van der Waals surface area contributed by atoms with E-state index in [1.807, 2.05) is 12.1 Å². The van der Waals surface area contributed by atoms with Gasteiger partial charge in [-0.25, -0.2) is 16.8 Å². The van der Waals surface area contributed by atoms with E-state index < -0.39 is 31.6 Å². The maximum absolute atomic E-state index is 12.0. The molecule has 2 amide bonds. The fraction of sp³-hybridized carbons (Fsp3) is 0.282. The van der Waals surface area contributed by atoms with Crippen LogP contribution in [-0.2, 0) is 29.3 Å². The van der Waals surface area contributed by atoms with E-state index in [9.17, 15) is 26.4 Å². The maximum Gasteiger partial charge on any atom is 0.258 e. The summed E-state index contributed by atoms with van der Waals surface area (Å²) in [7, 11) is -6.05. The highest BCUT2D eigenvalue weighted by molar-refractivity contribution is 7.91. The van der Waals surface area contributed by atoms with Gasteiger partial charge in [0.2, 0.25) is 0 Å². The molecule has 310 valence electrons. The molecule has 2 unspecified atom stereocenters. The molecule has 20 heteroatoms. The minimum absolute atomic E-state index is 0.0573. The zero-order valence-electron chi connectivity index (χ0n) is 30.8. The summed E-state index contributed by atoms with van der Waals surface area (Å²) in [6.45, 7) is -0.262. The summed E-state index contributed by atoms with van der Waals surface area (Å²) >= 11 is 24.1. The summed E-state index contributed by atoms with van der Waals surface area (Å²) in [5.41, 5.74) is 0.694. The fourth-order valence-corrected chi connectivity index (χ4v) is 10.2. The summed E-state index contributed by atoms with van der Waals surface area (Å²) in [6.07, 6.45) is 0.947. The van der Waals surface area contributed by atoms with Gasteiger partial charge in [0.15, 0.2) is 32.9 Å². The first-order chi connectivity index (χ1) is 27.9. The van der Waals surface area contributed by atoms with E-state index in [1.54, 1.807) is 30.3 Å². The number of sulfone groups is 2. The van der Waals surface area contributed by atoms with Crippen molar-refractivity contribution >= 4 is 77.9 Å². The molecule has 6 rings (SSSR count). The molecule has 2 saturated heterocycles. The molecule has 0 saturated carbocycles. The normalized spacial score (nSPS) is 17.3. The van der Waals surface area contributed by atoms with Crippen molar-refractivity contribution in [1.29, 1.82) is 10.5 Å². The van der Waals surface area contributed by atoms with Crippen LogP contribution in [0.15, 0.2) is 72.8 Å². The first kappa shape index (κ1) is 45.1. The molecule has 0 spiro atoms. The maximum atomic E-state index is 12.0. The lowest BCUT2D eigenvalue weighted by molar-refractivity contribution is -0.124. The van der Waals surface area contributed by atoms with E-state index in [-0.39, 0.29) is 48.1 Å². The first-order valence-electron chi connectivity index (χ1n) is 17.6. The van der Waals surface area contributed by atoms with Crippen molar-refractivity contribution in [3.8, 4) is 46.6 Å². The number of rotatable bonds is 13. The number of hydrogen-bond donors (Lipinski definition) is 2. The lowest BCUT2D eigenvalue weighted by Crippen LogP contribution is -2.38. The Morgan fingerprint density at radius 1 is 0.593 bits per heavy atom. The monoisotopic (exact) mass is 922 g/mol. The van der Waals surface area contributed by atoms with Crippen molar-refractivity contribution in [2.75, 3.05) is 42.8 Å². The number of carbonyl (C=O) groups is 2. The molecular formula is C39H34Cl4N4O10S2. The molecule has 0 aromatic heterocycles. The predicted octanol–water partition coefficient (Wildman–Crippen LogP) is 6.93. The molecule has 2 aliphatic heterocycles. The molecule has 2 fully saturated rings. The van der Waals surface area contributed by atoms with Crippen LogP contribution in [0.4, 0.5) is 0 Å². The van der Waals surface area contributed by atoms with E-state index >= 15 is 0 Å². The van der Waals surface area contributed by atoms with Crippen molar-refractivity contribution in [2.45, 2.75) is 18.9 Å². The summed E-state index contributed by atoms with van der Waals surface area (Å²) in [6, 6.07) is 22.0. The van der Waals surface area contributed by atoms with E-state index in [2.05, 4.69) is 10.6 Å². The van der Waals surface area contributed by atoms with Crippen LogP contribution in [0.1, 0.15) is 24.0 Å². The third kappa shape index (κ3) is 15.0. The first-order valence-corrected chi connectivity index (χ1v) is 22.7. The van der Waals surface area contributed by atoms with Crippen molar-refractivity contribution in [3.63, 3.8) is 0 Å². The Morgan fingerprint density at radius 2 is 1.02 bits per heavy atom. The highest BCUT2D eigenvalue weighted by Crippen LogP contribution is 2.33. The number of halogens is 4. The van der Waals surface area contributed by atoms with E-state index in [0.29, 0.717) is 85.1 Å². The van der Waals surface area contributed by atoms with E-state index in [1.165, 1.54) is 42.5 Å². The number of nitrogens with one attached hydrogen (secondary N) is 2. The van der Waals surface area contributed by atoms with Gasteiger partial charge in [0, 0.05) is 44.8 Å². The molecule has 2 heterocycles. The second-order valence-corrected chi connectivity index (χ2v) is 19.5. The number of carbonyl (C=O) groups excluding carboxylic acids is 2. The van der Waals surface area contributed by atoms with Gasteiger partial charge in [0.1, 0.15) is 34.5 Å². The zero-order chi connectivity index (χ0) is 42.7. The third-order valence-corrected chi connectivity index (χ3v) is 12.9. The Kier molecular flexibility index (Phi) is 15.6. The van der Waals surface area contributed by atoms with Gasteiger partial charge in [0.25, 0.3) is 11.8 Å². The van der Waals surface area contributed by atoms with Gasteiger partial charge in [0.05, 0.1) is 46.3 Å². The Labute approximate surface area is 360 Å². The minimum Gasteiger partial charge on any atom is -0.484 e. The molecular weight excluding hydrogens is 890 g/mol. The van der Waals surface area contributed by atoms with Crippen LogP contribution >= 0.6 is 46.4 Å². The highest BCUT2D eigenvalue weighted by atomic mass is 35.5. The standard InChI is InChI=1S/C20H18Cl2N2O5S.C19H16Cl2N2O5S/c21-15-3-14(9-23)4-18(6-15)29-19-7-16(22)5-17(8-19)28-11-20(25)24-10-13-1-2-30(26,27)12-13;20-13-3-12(9-22)4-17(6-13)28-18-7-14(21)5-16(8-18)27-10-19(24)23-15-1-2-29(25,26)11-15/h3-8,13H,1-2,10-12H2,(H,24,25);3-8,15H,1-2,10-11H2,(H,23,24). The SMILES string of the molecule is N#Cc1cc(Cl)cc(Oc2cc(Cl)cc(OCC(=O)NC3CCS(=O)(=O)C3)c2)c1.N#Cc1cc(Cl)cc(Oc2cc(Cl)cc(OCC(=O)NCC3CCS(=O)(=O)C3)c2)c1. The lowest BCUT2D eigenvalue weighted by Gasteiger charge is -2.13. The summed E-state index contributed by atoms with van der Waals surface area (Å²) in [5, 5.41) is 24.7. The predicted molar refractivity (Wildman–Crippen MR) is 221 cm³/mol. The van der Waals surface area contributed by atoms with Crippen molar-refractivity contribution in [1.82, 2.24) is 10.6 Å². The molecule has 59 heavy (non-hydrogen) atoms. The van der Waals surface area contributed by atoms with Crippen LogP contribution in [0.2, 0.25) is 20.1 Å². The Hall–Kier alpha value is -4.94. The molecule has 4 aromatic carbocycles. The molecule has 0 radical (unpaired) electrons. The quantitative estimate of drug-likeness (QED) is 0.140. The Balaban J connectivity index is 0.000000224. The average molecular weight is 925 g/mol. The van der Waals surface area contributed by atoms with Gasteiger partial charge < -0.3 is 29.6 Å². The van der Waals surface area contributed by atoms with Gasteiger partial charge in [-0.05, 0) is 79.4 Å². The van der Waals surface area contributed by atoms with Crippen LogP contribution in [0, 0.1) is 28.6 Å². The molecule has 0 bridgehead atoms. The van der Waals surface area contributed by atoms with E-state index in [4.69, 9.17) is 75.9 Å². The number of nitriles is 2. The van der Waals surface area contributed by atoms with Crippen LogP contribution in [-0.4, -0.2) is 77.5 Å². The van der Waals surface area contributed by atoms with Crippen molar-refractivity contribution in [2.24, 2.45) is 5.92 Å². The van der Waals surface area contributed by atoms with Gasteiger partial charge in [-0.2, -0.15) is 10.5 Å². The average Bonchev–Trinajstić information content (AvgIpc) is 3.69. The molecule has 4 aromatic rings. The Bertz CT molecular complexity index is 2530. The molecule has 2 atom stereocenters. The minimum atomic E-state index is -3.08. The number of benzene rings is 4. The summed E-state index contributed by atoms with van der Waals surface area (Å²) in [4.78, 5) is 24.0. The smallest absolute Gasteiger partial charge is 0.258 e. The zero-order valence-corrected chi connectivity index (χ0v) is 35.4. The largest absolute Gasteiger partial charge is 0.484 e. The number of hydrogen-bond acceptors (Lipinski definition) is 12. The van der Waals surface area contributed by atoms with Crippen LogP contribution in [0.3, 0.4) is 0 Å². The van der Waals surface area contributed by atoms with Crippen molar-refractivity contribution in [3.05, 3.63) is 104 Å². The highest BCUT2D eigenvalue weighted by Gasteiger charge is 2.29. The number of amides is 2. The third-order valence-electron chi connectivity index (χ3n) is 8.41. The second kappa shape index (κ2) is 20.4. The van der Waals surface area contributed by atoms with Crippen molar-refractivity contribution < 1.29 is 45.4 Å². The summed E-state index contributed by atoms with van der Waals surface area (Å²) in [5.74, 6) is 1.42.